The van der Waals surface area contributed by atoms with E-state index >= 15 is 0 Å². The number of rotatable bonds is 7. The third-order valence-corrected chi connectivity index (χ3v) is 3.84. The normalized spacial score (nSPS) is 11.0. The standard InChI is InChI=1S/C11H20N4OS2/c1-7(2)5-12-9(16)6-17-11-15-14-10(18-11)13-8(3)4/h7-8H,5-6H2,1-4H3,(H,12,16)(H,13,14). The summed E-state index contributed by atoms with van der Waals surface area (Å²) in [5, 5.41) is 14.9. The first kappa shape index (κ1) is 15.2. The molecule has 102 valence electrons. The molecule has 1 aromatic rings. The molecule has 1 heterocycles. The third-order valence-electron chi connectivity index (χ3n) is 1.85. The van der Waals surface area contributed by atoms with E-state index in [-0.39, 0.29) is 5.91 Å². The number of hydrogen-bond donors (Lipinski definition) is 2. The summed E-state index contributed by atoms with van der Waals surface area (Å²) in [4.78, 5) is 11.5. The summed E-state index contributed by atoms with van der Waals surface area (Å²) in [6, 6.07) is 0.338. The Kier molecular flexibility index (Phi) is 6.42. The molecule has 0 aliphatic carbocycles. The lowest BCUT2D eigenvalue weighted by atomic mass is 10.2. The maximum absolute atomic E-state index is 11.5. The molecule has 18 heavy (non-hydrogen) atoms. The number of thioether (sulfide) groups is 1. The fraction of sp³-hybridized carbons (Fsp3) is 0.727. The topological polar surface area (TPSA) is 66.9 Å². The SMILES string of the molecule is CC(C)CNC(=O)CSc1nnc(NC(C)C)s1. The maximum atomic E-state index is 11.5. The van der Waals surface area contributed by atoms with E-state index in [1.54, 1.807) is 0 Å². The van der Waals surface area contributed by atoms with Crippen molar-refractivity contribution in [1.82, 2.24) is 15.5 Å². The van der Waals surface area contributed by atoms with E-state index in [2.05, 4.69) is 34.7 Å². The zero-order valence-corrected chi connectivity index (χ0v) is 12.8. The van der Waals surface area contributed by atoms with E-state index in [0.717, 1.165) is 16.0 Å². The van der Waals surface area contributed by atoms with Gasteiger partial charge in [-0.2, -0.15) is 0 Å². The molecule has 5 nitrogen and oxygen atoms in total. The van der Waals surface area contributed by atoms with Gasteiger partial charge in [0.1, 0.15) is 0 Å². The second-order valence-corrected chi connectivity index (χ2v) is 6.86. The molecule has 0 atom stereocenters. The largest absolute Gasteiger partial charge is 0.358 e. The second-order valence-electron chi connectivity index (χ2n) is 4.66. The summed E-state index contributed by atoms with van der Waals surface area (Å²) < 4.78 is 0.817. The van der Waals surface area contributed by atoms with Gasteiger partial charge in [-0.1, -0.05) is 36.9 Å². The molecule has 0 aliphatic rings. The Morgan fingerprint density at radius 3 is 2.67 bits per heavy atom. The summed E-state index contributed by atoms with van der Waals surface area (Å²) in [5.41, 5.74) is 0. The van der Waals surface area contributed by atoms with Crippen LogP contribution in [0, 0.1) is 5.92 Å². The van der Waals surface area contributed by atoms with Gasteiger partial charge in [0, 0.05) is 12.6 Å². The van der Waals surface area contributed by atoms with E-state index in [9.17, 15) is 4.79 Å². The highest BCUT2D eigenvalue weighted by atomic mass is 32.2. The van der Waals surface area contributed by atoms with Gasteiger partial charge in [-0.25, -0.2) is 0 Å². The van der Waals surface area contributed by atoms with Crippen LogP contribution < -0.4 is 10.6 Å². The lowest BCUT2D eigenvalue weighted by Crippen LogP contribution is -2.28. The van der Waals surface area contributed by atoms with Gasteiger partial charge in [-0.15, -0.1) is 10.2 Å². The number of hydrogen-bond acceptors (Lipinski definition) is 6. The molecule has 0 aliphatic heterocycles. The number of anilines is 1. The van der Waals surface area contributed by atoms with Crippen LogP contribution in [0.4, 0.5) is 5.13 Å². The molecular weight excluding hydrogens is 268 g/mol. The molecule has 0 spiro atoms. The summed E-state index contributed by atoms with van der Waals surface area (Å²) in [5.74, 6) is 0.910. The van der Waals surface area contributed by atoms with Crippen LogP contribution in [0.5, 0.6) is 0 Å². The lowest BCUT2D eigenvalue weighted by Gasteiger charge is -2.06. The first-order chi connectivity index (χ1) is 8.47. The molecule has 1 rings (SSSR count). The molecule has 7 heteroatoms. The summed E-state index contributed by atoms with van der Waals surface area (Å²) in [6.07, 6.45) is 0. The van der Waals surface area contributed by atoms with Crippen molar-refractivity contribution in [3.05, 3.63) is 0 Å². The van der Waals surface area contributed by atoms with E-state index < -0.39 is 0 Å². The molecular formula is C11H20N4OS2. The summed E-state index contributed by atoms with van der Waals surface area (Å²) in [6.45, 7) is 8.96. The van der Waals surface area contributed by atoms with Gasteiger partial charge in [0.05, 0.1) is 5.75 Å². The smallest absolute Gasteiger partial charge is 0.230 e. The Morgan fingerprint density at radius 2 is 2.06 bits per heavy atom. The quantitative estimate of drug-likeness (QED) is 0.753. The highest BCUT2D eigenvalue weighted by molar-refractivity contribution is 8.01. The highest BCUT2D eigenvalue weighted by Gasteiger charge is 2.08. The summed E-state index contributed by atoms with van der Waals surface area (Å²) >= 11 is 2.90. The molecule has 0 unspecified atom stereocenters. The lowest BCUT2D eigenvalue weighted by molar-refractivity contribution is -0.118. The van der Waals surface area contributed by atoms with E-state index in [0.29, 0.717) is 17.7 Å². The summed E-state index contributed by atoms with van der Waals surface area (Å²) in [7, 11) is 0. The Hall–Kier alpha value is -0.820. The molecule has 0 saturated carbocycles. The van der Waals surface area contributed by atoms with Crippen LogP contribution in [0.2, 0.25) is 0 Å². The van der Waals surface area contributed by atoms with Crippen LogP contribution in [-0.4, -0.2) is 34.4 Å². The van der Waals surface area contributed by atoms with Crippen molar-refractivity contribution in [2.75, 3.05) is 17.6 Å². The van der Waals surface area contributed by atoms with Crippen LogP contribution in [0.25, 0.3) is 0 Å². The van der Waals surface area contributed by atoms with Crippen molar-refractivity contribution >= 4 is 34.1 Å². The Bertz CT molecular complexity index is 379. The van der Waals surface area contributed by atoms with Crippen molar-refractivity contribution in [2.24, 2.45) is 5.92 Å². The van der Waals surface area contributed by atoms with E-state index in [1.807, 2.05) is 13.8 Å². The Labute approximate surface area is 116 Å². The number of nitrogens with one attached hydrogen (secondary N) is 2. The van der Waals surface area contributed by atoms with E-state index in [4.69, 9.17) is 0 Å². The van der Waals surface area contributed by atoms with E-state index in [1.165, 1.54) is 23.1 Å². The predicted octanol–water partition coefficient (Wildman–Crippen LogP) is 2.22. The monoisotopic (exact) mass is 288 g/mol. The van der Waals surface area contributed by atoms with Crippen LogP contribution in [-0.2, 0) is 4.79 Å². The molecule has 0 aromatic carbocycles. The zero-order chi connectivity index (χ0) is 13.5. The second kappa shape index (κ2) is 7.58. The van der Waals surface area contributed by atoms with Gasteiger partial charge in [-0.05, 0) is 19.8 Å². The number of carbonyl (C=O) groups is 1. The van der Waals surface area contributed by atoms with Crippen molar-refractivity contribution in [2.45, 2.75) is 38.1 Å². The van der Waals surface area contributed by atoms with Crippen molar-refractivity contribution in [3.8, 4) is 0 Å². The van der Waals surface area contributed by atoms with Crippen molar-refractivity contribution < 1.29 is 4.79 Å². The van der Waals surface area contributed by atoms with Gasteiger partial charge in [-0.3, -0.25) is 4.79 Å². The zero-order valence-electron chi connectivity index (χ0n) is 11.2. The minimum Gasteiger partial charge on any atom is -0.358 e. The fourth-order valence-corrected chi connectivity index (χ4v) is 2.80. The molecule has 0 bridgehead atoms. The van der Waals surface area contributed by atoms with Crippen LogP contribution >= 0.6 is 23.1 Å². The van der Waals surface area contributed by atoms with Crippen molar-refractivity contribution in [1.29, 1.82) is 0 Å². The van der Waals surface area contributed by atoms with Gasteiger partial charge in [0.2, 0.25) is 11.0 Å². The van der Waals surface area contributed by atoms with Crippen LogP contribution in [0.1, 0.15) is 27.7 Å². The number of aromatic nitrogens is 2. The first-order valence-corrected chi connectivity index (χ1v) is 7.77. The minimum absolute atomic E-state index is 0.0438. The number of carbonyl (C=O) groups excluding carboxylic acids is 1. The Morgan fingerprint density at radius 1 is 1.33 bits per heavy atom. The predicted molar refractivity (Wildman–Crippen MR) is 77.2 cm³/mol. The molecule has 1 amide bonds. The third kappa shape index (κ3) is 6.20. The molecule has 0 saturated heterocycles. The fourth-order valence-electron chi connectivity index (χ4n) is 1.07. The maximum Gasteiger partial charge on any atom is 0.230 e. The Balaban J connectivity index is 2.30. The molecule has 2 N–H and O–H groups in total. The number of amides is 1. The van der Waals surface area contributed by atoms with Crippen LogP contribution in [0.15, 0.2) is 4.34 Å². The van der Waals surface area contributed by atoms with Gasteiger partial charge in [0.15, 0.2) is 4.34 Å². The van der Waals surface area contributed by atoms with Gasteiger partial charge >= 0.3 is 0 Å². The van der Waals surface area contributed by atoms with Gasteiger partial charge < -0.3 is 10.6 Å². The number of nitrogens with zero attached hydrogens (tertiary/aromatic N) is 2. The first-order valence-electron chi connectivity index (χ1n) is 5.97. The van der Waals surface area contributed by atoms with Crippen LogP contribution in [0.3, 0.4) is 0 Å². The van der Waals surface area contributed by atoms with Crippen molar-refractivity contribution in [3.63, 3.8) is 0 Å². The molecule has 0 fully saturated rings. The average molecular weight is 288 g/mol. The van der Waals surface area contributed by atoms with Gasteiger partial charge in [0.25, 0.3) is 0 Å². The minimum atomic E-state index is 0.0438. The molecule has 1 aromatic heterocycles. The molecule has 0 radical (unpaired) electrons. The average Bonchev–Trinajstić information content (AvgIpc) is 2.70. The highest BCUT2D eigenvalue weighted by Crippen LogP contribution is 2.25.